The number of halogens is 1. The second kappa shape index (κ2) is 5.63. The van der Waals surface area contributed by atoms with Crippen molar-refractivity contribution in [3.63, 3.8) is 0 Å². The monoisotopic (exact) mass is 239 g/mol. The van der Waals surface area contributed by atoms with Crippen LogP contribution >= 0.6 is 0 Å². The number of benzene rings is 1. The summed E-state index contributed by atoms with van der Waals surface area (Å²) in [6, 6.07) is 5.37. The van der Waals surface area contributed by atoms with Gasteiger partial charge in [0.25, 0.3) is 0 Å². The summed E-state index contributed by atoms with van der Waals surface area (Å²) in [6.45, 7) is 4.25. The molecular weight excluding hydrogens is 221 g/mol. The third-order valence-corrected chi connectivity index (χ3v) is 2.30. The minimum atomic E-state index is -0.385. The molecule has 1 aromatic rings. The summed E-state index contributed by atoms with van der Waals surface area (Å²) in [4.78, 5) is 11.6. The molecule has 0 saturated heterocycles. The van der Waals surface area contributed by atoms with Crippen LogP contribution in [0.25, 0.3) is 0 Å². The summed E-state index contributed by atoms with van der Waals surface area (Å²) >= 11 is 0. The topological polar surface area (TPSA) is 67.1 Å². The molecule has 0 saturated carbocycles. The molecule has 0 radical (unpaired) electrons. The maximum Gasteiger partial charge on any atom is 0.319 e. The molecule has 0 aromatic heterocycles. The number of carbonyl (C=O) groups excluding carboxylic acids is 1. The molecule has 0 atom stereocenters. The lowest BCUT2D eigenvalue weighted by Gasteiger charge is -2.25. The van der Waals surface area contributed by atoms with Gasteiger partial charge >= 0.3 is 6.03 Å². The molecule has 1 rings (SSSR count). The van der Waals surface area contributed by atoms with E-state index in [1.165, 1.54) is 18.2 Å². The zero-order chi connectivity index (χ0) is 12.9. The van der Waals surface area contributed by atoms with Crippen molar-refractivity contribution < 1.29 is 9.18 Å². The average Bonchev–Trinajstić information content (AvgIpc) is 2.15. The lowest BCUT2D eigenvalue weighted by atomic mass is 10.0. The average molecular weight is 239 g/mol. The molecule has 1 aromatic carbocycles. The fourth-order valence-electron chi connectivity index (χ4n) is 1.46. The Hall–Kier alpha value is -1.62. The van der Waals surface area contributed by atoms with Gasteiger partial charge in [0, 0.05) is 11.2 Å². The third-order valence-electron chi connectivity index (χ3n) is 2.30. The summed E-state index contributed by atoms with van der Waals surface area (Å²) in [6.07, 6.45) is 0.670. The van der Waals surface area contributed by atoms with Gasteiger partial charge in [-0.25, -0.2) is 9.18 Å². The van der Waals surface area contributed by atoms with E-state index >= 15 is 0 Å². The molecular formula is C12H18FN3O. The minimum absolute atomic E-state index is 0.367. The van der Waals surface area contributed by atoms with Crippen LogP contribution in [0.3, 0.4) is 0 Å². The van der Waals surface area contributed by atoms with Crippen molar-refractivity contribution in [2.75, 3.05) is 11.9 Å². The lowest BCUT2D eigenvalue weighted by molar-refractivity contribution is 0.240. The van der Waals surface area contributed by atoms with Crippen LogP contribution in [0.5, 0.6) is 0 Å². The molecule has 4 N–H and O–H groups in total. The number of carbonyl (C=O) groups is 1. The van der Waals surface area contributed by atoms with Gasteiger partial charge in [0.15, 0.2) is 0 Å². The first-order chi connectivity index (χ1) is 7.93. The fraction of sp³-hybridized carbons (Fsp3) is 0.417. The highest BCUT2D eigenvalue weighted by atomic mass is 19.1. The Labute approximate surface area is 100 Å². The zero-order valence-electron chi connectivity index (χ0n) is 10.1. The SMILES string of the molecule is CC(C)(CCN)NC(=O)Nc1cccc(F)c1. The van der Waals surface area contributed by atoms with Crippen LogP contribution in [0, 0.1) is 5.82 Å². The maximum atomic E-state index is 12.9. The van der Waals surface area contributed by atoms with E-state index in [0.717, 1.165) is 0 Å². The molecule has 5 heteroatoms. The zero-order valence-corrected chi connectivity index (χ0v) is 10.1. The van der Waals surface area contributed by atoms with E-state index in [9.17, 15) is 9.18 Å². The first-order valence-corrected chi connectivity index (χ1v) is 5.48. The van der Waals surface area contributed by atoms with E-state index in [1.54, 1.807) is 6.07 Å². The summed E-state index contributed by atoms with van der Waals surface area (Å²) in [7, 11) is 0. The quantitative estimate of drug-likeness (QED) is 0.753. The number of hydrogen-bond donors (Lipinski definition) is 3. The van der Waals surface area contributed by atoms with E-state index in [-0.39, 0.29) is 17.4 Å². The van der Waals surface area contributed by atoms with Gasteiger partial charge in [-0.05, 0) is 45.0 Å². The molecule has 4 nitrogen and oxygen atoms in total. The van der Waals surface area contributed by atoms with E-state index in [1.807, 2.05) is 13.8 Å². The fourth-order valence-corrected chi connectivity index (χ4v) is 1.46. The predicted molar refractivity (Wildman–Crippen MR) is 66.3 cm³/mol. The van der Waals surface area contributed by atoms with E-state index < -0.39 is 0 Å². The second-order valence-electron chi connectivity index (χ2n) is 4.51. The van der Waals surface area contributed by atoms with Gasteiger partial charge < -0.3 is 16.4 Å². The van der Waals surface area contributed by atoms with Crippen molar-refractivity contribution in [3.05, 3.63) is 30.1 Å². The highest BCUT2D eigenvalue weighted by Crippen LogP contribution is 2.11. The molecule has 0 bridgehead atoms. The van der Waals surface area contributed by atoms with Crippen LogP contribution in [0.2, 0.25) is 0 Å². The lowest BCUT2D eigenvalue weighted by Crippen LogP contribution is -2.46. The molecule has 0 spiro atoms. The van der Waals surface area contributed by atoms with Gasteiger partial charge in [-0.1, -0.05) is 6.07 Å². The first kappa shape index (κ1) is 13.4. The molecule has 0 aliphatic heterocycles. The van der Waals surface area contributed by atoms with Gasteiger partial charge in [0.2, 0.25) is 0 Å². The number of anilines is 1. The molecule has 0 unspecified atom stereocenters. The summed E-state index contributed by atoms with van der Waals surface area (Å²) in [5.74, 6) is -0.385. The van der Waals surface area contributed by atoms with Gasteiger partial charge in [0.05, 0.1) is 0 Å². The Morgan fingerprint density at radius 2 is 2.18 bits per heavy atom. The Morgan fingerprint density at radius 1 is 1.47 bits per heavy atom. The summed E-state index contributed by atoms with van der Waals surface area (Å²) < 4.78 is 12.9. The van der Waals surface area contributed by atoms with Crippen LogP contribution in [0.15, 0.2) is 24.3 Å². The van der Waals surface area contributed by atoms with Gasteiger partial charge in [-0.15, -0.1) is 0 Å². The number of amides is 2. The molecule has 17 heavy (non-hydrogen) atoms. The number of nitrogens with one attached hydrogen (secondary N) is 2. The van der Waals surface area contributed by atoms with Crippen molar-refractivity contribution in [3.8, 4) is 0 Å². The van der Waals surface area contributed by atoms with Gasteiger partial charge in [0.1, 0.15) is 5.82 Å². The van der Waals surface area contributed by atoms with Crippen molar-refractivity contribution in [2.24, 2.45) is 5.73 Å². The maximum absolute atomic E-state index is 12.9. The van der Waals surface area contributed by atoms with Crippen molar-refractivity contribution in [2.45, 2.75) is 25.8 Å². The molecule has 0 fully saturated rings. The highest BCUT2D eigenvalue weighted by Gasteiger charge is 2.19. The van der Waals surface area contributed by atoms with Gasteiger partial charge in [-0.3, -0.25) is 0 Å². The Kier molecular flexibility index (Phi) is 4.45. The number of urea groups is 1. The van der Waals surface area contributed by atoms with E-state index in [0.29, 0.717) is 18.7 Å². The van der Waals surface area contributed by atoms with Crippen molar-refractivity contribution in [1.29, 1.82) is 0 Å². The van der Waals surface area contributed by atoms with Crippen molar-refractivity contribution >= 4 is 11.7 Å². The Morgan fingerprint density at radius 3 is 2.76 bits per heavy atom. The first-order valence-electron chi connectivity index (χ1n) is 5.48. The van der Waals surface area contributed by atoms with Crippen LogP contribution in [0.4, 0.5) is 14.9 Å². The largest absolute Gasteiger partial charge is 0.333 e. The van der Waals surface area contributed by atoms with E-state index in [2.05, 4.69) is 10.6 Å². The molecule has 0 heterocycles. The number of rotatable bonds is 4. The van der Waals surface area contributed by atoms with Crippen LogP contribution in [0.1, 0.15) is 20.3 Å². The van der Waals surface area contributed by atoms with Crippen LogP contribution in [-0.2, 0) is 0 Å². The Balaban J connectivity index is 2.55. The third kappa shape index (κ3) is 4.82. The second-order valence-corrected chi connectivity index (χ2v) is 4.51. The summed E-state index contributed by atoms with van der Waals surface area (Å²) in [5.41, 5.74) is 5.48. The van der Waals surface area contributed by atoms with E-state index in [4.69, 9.17) is 5.73 Å². The number of hydrogen-bond acceptors (Lipinski definition) is 2. The predicted octanol–water partition coefficient (Wildman–Crippen LogP) is 2.07. The highest BCUT2D eigenvalue weighted by molar-refractivity contribution is 5.89. The Bertz CT molecular complexity index is 393. The molecule has 94 valence electrons. The van der Waals surface area contributed by atoms with Crippen molar-refractivity contribution in [1.82, 2.24) is 5.32 Å². The summed E-state index contributed by atoms with van der Waals surface area (Å²) in [5, 5.41) is 5.34. The molecule has 0 aliphatic rings. The van der Waals surface area contributed by atoms with Crippen LogP contribution < -0.4 is 16.4 Å². The molecule has 0 aliphatic carbocycles. The normalized spacial score (nSPS) is 11.1. The molecule has 2 amide bonds. The van der Waals surface area contributed by atoms with Crippen LogP contribution in [-0.4, -0.2) is 18.1 Å². The van der Waals surface area contributed by atoms with Gasteiger partial charge in [-0.2, -0.15) is 0 Å². The minimum Gasteiger partial charge on any atom is -0.333 e. The standard InChI is InChI=1S/C12H18FN3O/c1-12(2,6-7-14)16-11(17)15-10-5-3-4-9(13)8-10/h3-5,8H,6-7,14H2,1-2H3,(H2,15,16,17). The number of nitrogens with two attached hydrogens (primary N) is 1. The smallest absolute Gasteiger partial charge is 0.319 e.